The van der Waals surface area contributed by atoms with E-state index in [4.69, 9.17) is 4.74 Å². The number of nitrogens with zero attached hydrogens (tertiary/aromatic N) is 2. The van der Waals surface area contributed by atoms with E-state index >= 15 is 0 Å². The number of hydrogen-bond acceptors (Lipinski definition) is 4. The molecule has 0 radical (unpaired) electrons. The van der Waals surface area contributed by atoms with Gasteiger partial charge in [-0.15, -0.1) is 0 Å². The molecule has 5 nitrogen and oxygen atoms in total. The Balaban J connectivity index is 1.53. The fourth-order valence-electron chi connectivity index (χ4n) is 4.58. The van der Waals surface area contributed by atoms with Crippen molar-refractivity contribution in [2.75, 3.05) is 20.2 Å². The molecule has 0 spiro atoms. The third-order valence-corrected chi connectivity index (χ3v) is 6.24. The summed E-state index contributed by atoms with van der Waals surface area (Å²) < 4.78 is 5.38. The second-order valence-electron chi connectivity index (χ2n) is 8.51. The topological polar surface area (TPSA) is 54.5 Å². The van der Waals surface area contributed by atoms with Crippen molar-refractivity contribution < 1.29 is 9.53 Å². The van der Waals surface area contributed by atoms with Crippen molar-refractivity contribution in [1.82, 2.24) is 15.2 Å². The lowest BCUT2D eigenvalue weighted by molar-refractivity contribution is 0.0874. The van der Waals surface area contributed by atoms with Crippen molar-refractivity contribution in [2.24, 2.45) is 5.92 Å². The molecule has 1 N–H and O–H groups in total. The van der Waals surface area contributed by atoms with Crippen molar-refractivity contribution >= 4 is 5.91 Å². The molecule has 0 unspecified atom stereocenters. The molecule has 2 atom stereocenters. The monoisotopic (exact) mass is 429 g/mol. The van der Waals surface area contributed by atoms with Gasteiger partial charge in [0, 0.05) is 24.8 Å². The Morgan fingerprint density at radius 1 is 1.16 bits per heavy atom. The van der Waals surface area contributed by atoms with Gasteiger partial charge in [0.15, 0.2) is 0 Å². The molecule has 2 aromatic carbocycles. The number of pyridine rings is 1. The van der Waals surface area contributed by atoms with Gasteiger partial charge in [-0.25, -0.2) is 0 Å². The first-order valence-electron chi connectivity index (χ1n) is 11.3. The normalized spacial score (nSPS) is 17.5. The molecule has 1 aliphatic rings. The molecular weight excluding hydrogens is 398 g/mol. The Hall–Kier alpha value is -3.18. The van der Waals surface area contributed by atoms with Crippen LogP contribution in [0.2, 0.25) is 0 Å². The summed E-state index contributed by atoms with van der Waals surface area (Å²) in [6, 6.07) is 21.8. The van der Waals surface area contributed by atoms with Gasteiger partial charge in [0.05, 0.1) is 18.8 Å². The van der Waals surface area contributed by atoms with E-state index in [0.717, 1.165) is 55.0 Å². The molecule has 1 amide bonds. The van der Waals surface area contributed by atoms with E-state index in [2.05, 4.69) is 27.3 Å². The zero-order valence-electron chi connectivity index (χ0n) is 18.8. The van der Waals surface area contributed by atoms with Crippen LogP contribution >= 0.6 is 0 Å². The van der Waals surface area contributed by atoms with Crippen molar-refractivity contribution in [2.45, 2.75) is 32.4 Å². The van der Waals surface area contributed by atoms with Gasteiger partial charge < -0.3 is 10.1 Å². The number of nitrogens with one attached hydrogen (secondary N) is 1. The van der Waals surface area contributed by atoms with Gasteiger partial charge in [-0.2, -0.15) is 0 Å². The predicted molar refractivity (Wildman–Crippen MR) is 127 cm³/mol. The van der Waals surface area contributed by atoms with Crippen LogP contribution in [0.25, 0.3) is 0 Å². The second kappa shape index (κ2) is 10.4. The minimum absolute atomic E-state index is 0.0383. The summed E-state index contributed by atoms with van der Waals surface area (Å²) in [5.41, 5.74) is 3.86. The molecule has 0 saturated carbocycles. The highest BCUT2D eigenvalue weighted by molar-refractivity contribution is 5.95. The summed E-state index contributed by atoms with van der Waals surface area (Å²) in [5, 5.41) is 3.31. The maximum atomic E-state index is 13.2. The van der Waals surface area contributed by atoms with Gasteiger partial charge in [0.25, 0.3) is 5.91 Å². The highest BCUT2D eigenvalue weighted by Gasteiger charge is 2.31. The van der Waals surface area contributed by atoms with E-state index in [1.807, 2.05) is 61.5 Å². The highest BCUT2D eigenvalue weighted by atomic mass is 16.5. The van der Waals surface area contributed by atoms with Gasteiger partial charge in [-0.3, -0.25) is 14.7 Å². The van der Waals surface area contributed by atoms with Crippen molar-refractivity contribution in [3.63, 3.8) is 0 Å². The summed E-state index contributed by atoms with van der Waals surface area (Å²) in [7, 11) is 1.70. The lowest BCUT2D eigenvalue weighted by atomic mass is 9.88. The Morgan fingerprint density at radius 3 is 2.78 bits per heavy atom. The first-order valence-corrected chi connectivity index (χ1v) is 11.3. The van der Waals surface area contributed by atoms with Crippen LogP contribution in [0, 0.1) is 12.8 Å². The number of rotatable bonds is 7. The fourth-order valence-corrected chi connectivity index (χ4v) is 4.58. The van der Waals surface area contributed by atoms with E-state index in [1.165, 1.54) is 5.56 Å². The first-order chi connectivity index (χ1) is 15.6. The Bertz CT molecular complexity index is 1040. The number of aromatic nitrogens is 1. The second-order valence-corrected chi connectivity index (χ2v) is 8.51. The van der Waals surface area contributed by atoms with Crippen LogP contribution in [0.4, 0.5) is 0 Å². The summed E-state index contributed by atoms with van der Waals surface area (Å²) in [4.78, 5) is 20.2. The standard InChI is InChI=1S/C27H31N3O2/c1-20-9-3-4-13-24(20)27(31)29-26(25-14-5-6-15-28-25)22-11-8-16-30(19-22)18-21-10-7-12-23(17-21)32-2/h3-7,9-10,12-15,17,22,26H,8,11,16,18-19H2,1-2H3,(H,29,31)/t22-,26+/m0/s1. The van der Waals surface area contributed by atoms with Crippen molar-refractivity contribution in [3.05, 3.63) is 95.3 Å². The Morgan fingerprint density at radius 2 is 2.00 bits per heavy atom. The summed E-state index contributed by atoms with van der Waals surface area (Å²) in [5.74, 6) is 1.13. The molecule has 1 saturated heterocycles. The molecule has 166 valence electrons. The molecule has 2 heterocycles. The maximum Gasteiger partial charge on any atom is 0.252 e. The quantitative estimate of drug-likeness (QED) is 0.587. The summed E-state index contributed by atoms with van der Waals surface area (Å²) in [6.45, 7) is 4.80. The predicted octanol–water partition coefficient (Wildman–Crippen LogP) is 4.78. The number of carbonyl (C=O) groups is 1. The van der Waals surface area contributed by atoms with Crippen LogP contribution in [0.15, 0.2) is 72.9 Å². The molecule has 4 rings (SSSR count). The number of likely N-dealkylation sites (tertiary alicyclic amines) is 1. The minimum atomic E-state index is -0.128. The van der Waals surface area contributed by atoms with E-state index in [0.29, 0.717) is 0 Å². The number of amides is 1. The molecule has 1 aromatic heterocycles. The maximum absolute atomic E-state index is 13.2. The van der Waals surface area contributed by atoms with Crippen LogP contribution < -0.4 is 10.1 Å². The third kappa shape index (κ3) is 5.35. The molecular formula is C27H31N3O2. The number of hydrogen-bond donors (Lipinski definition) is 1. The van der Waals surface area contributed by atoms with Crippen LogP contribution in [0.3, 0.4) is 0 Å². The van der Waals surface area contributed by atoms with E-state index in [-0.39, 0.29) is 17.9 Å². The van der Waals surface area contributed by atoms with E-state index in [1.54, 1.807) is 13.3 Å². The summed E-state index contributed by atoms with van der Waals surface area (Å²) in [6.07, 6.45) is 3.96. The number of ether oxygens (including phenoxy) is 1. The van der Waals surface area contributed by atoms with E-state index in [9.17, 15) is 4.79 Å². The molecule has 0 aliphatic carbocycles. The van der Waals surface area contributed by atoms with Crippen molar-refractivity contribution in [3.8, 4) is 5.75 Å². The lowest BCUT2D eigenvalue weighted by Gasteiger charge is -2.37. The number of methoxy groups -OCH3 is 1. The number of benzene rings is 2. The van der Waals surface area contributed by atoms with Gasteiger partial charge in [-0.05, 0) is 73.7 Å². The van der Waals surface area contributed by atoms with Gasteiger partial charge in [-0.1, -0.05) is 36.4 Å². The minimum Gasteiger partial charge on any atom is -0.497 e. The van der Waals surface area contributed by atoms with Gasteiger partial charge >= 0.3 is 0 Å². The van der Waals surface area contributed by atoms with Crippen LogP contribution in [0.1, 0.15) is 46.1 Å². The third-order valence-electron chi connectivity index (χ3n) is 6.24. The average Bonchev–Trinajstić information content (AvgIpc) is 2.83. The van der Waals surface area contributed by atoms with Crippen molar-refractivity contribution in [1.29, 1.82) is 0 Å². The molecule has 5 heteroatoms. The van der Waals surface area contributed by atoms with E-state index < -0.39 is 0 Å². The smallest absolute Gasteiger partial charge is 0.252 e. The van der Waals surface area contributed by atoms with Gasteiger partial charge in [0.2, 0.25) is 0 Å². The SMILES string of the molecule is COc1cccc(CN2CCC[C@H]([C@@H](NC(=O)c3ccccc3C)c3ccccn3)C2)c1. The molecule has 1 fully saturated rings. The first kappa shape index (κ1) is 22.0. The summed E-state index contributed by atoms with van der Waals surface area (Å²) >= 11 is 0. The Labute approximate surface area is 190 Å². The highest BCUT2D eigenvalue weighted by Crippen LogP contribution is 2.30. The van der Waals surface area contributed by atoms with Crippen LogP contribution in [0.5, 0.6) is 5.75 Å². The zero-order chi connectivity index (χ0) is 22.3. The molecule has 0 bridgehead atoms. The van der Waals surface area contributed by atoms with Crippen LogP contribution in [-0.4, -0.2) is 36.0 Å². The molecule has 1 aliphatic heterocycles. The number of piperidine rings is 1. The van der Waals surface area contributed by atoms with Gasteiger partial charge in [0.1, 0.15) is 5.75 Å². The van der Waals surface area contributed by atoms with Crippen LogP contribution in [-0.2, 0) is 6.54 Å². The molecule has 32 heavy (non-hydrogen) atoms. The lowest BCUT2D eigenvalue weighted by Crippen LogP contribution is -2.43. The molecule has 3 aromatic rings. The Kier molecular flexibility index (Phi) is 7.17. The number of carbonyl (C=O) groups excluding carboxylic acids is 1. The average molecular weight is 430 g/mol. The fraction of sp³-hybridized carbons (Fsp3) is 0.333. The zero-order valence-corrected chi connectivity index (χ0v) is 18.8. The largest absolute Gasteiger partial charge is 0.497 e. The number of aryl methyl sites for hydroxylation is 1.